The van der Waals surface area contributed by atoms with Crippen LogP contribution in [-0.4, -0.2) is 20.7 Å². The molecule has 2 aromatic carbocycles. The number of sulfonamides is 1. The molecule has 0 bridgehead atoms. The molecule has 22 heavy (non-hydrogen) atoms. The predicted octanol–water partition coefficient (Wildman–Crippen LogP) is 1.99. The minimum absolute atomic E-state index is 0.0663. The van der Waals surface area contributed by atoms with Gasteiger partial charge >= 0.3 is 0 Å². The molecule has 0 amide bonds. The number of benzene rings is 2. The van der Waals surface area contributed by atoms with Crippen LogP contribution in [0.25, 0.3) is 0 Å². The molecule has 5 heteroatoms. The largest absolute Gasteiger partial charge is 0.309 e. The number of rotatable bonds is 5. The summed E-state index contributed by atoms with van der Waals surface area (Å²) in [5.74, 6) is 0.0663. The average molecular weight is 316 g/mol. The topological polar surface area (TPSA) is 58.2 Å². The highest BCUT2D eigenvalue weighted by atomic mass is 32.2. The summed E-state index contributed by atoms with van der Waals surface area (Å²) in [5.41, 5.74) is 3.30. The van der Waals surface area contributed by atoms with Crippen LogP contribution in [0.5, 0.6) is 0 Å². The lowest BCUT2D eigenvalue weighted by Gasteiger charge is -2.26. The number of nitrogens with one attached hydrogen (secondary N) is 2. The van der Waals surface area contributed by atoms with Gasteiger partial charge in [0.25, 0.3) is 0 Å². The Morgan fingerprint density at radius 3 is 2.59 bits per heavy atom. The van der Waals surface area contributed by atoms with E-state index in [9.17, 15) is 8.42 Å². The third kappa shape index (κ3) is 3.74. The fourth-order valence-corrected chi connectivity index (χ4v) is 4.05. The van der Waals surface area contributed by atoms with Crippen molar-refractivity contribution in [3.8, 4) is 0 Å². The predicted molar refractivity (Wildman–Crippen MR) is 88.0 cm³/mol. The van der Waals surface area contributed by atoms with Crippen LogP contribution >= 0.6 is 0 Å². The van der Waals surface area contributed by atoms with Gasteiger partial charge in [0, 0.05) is 12.6 Å². The first-order valence-corrected chi connectivity index (χ1v) is 9.12. The maximum absolute atomic E-state index is 12.3. The van der Waals surface area contributed by atoms with E-state index >= 15 is 0 Å². The van der Waals surface area contributed by atoms with Gasteiger partial charge in [-0.15, -0.1) is 0 Å². The second-order valence-electron chi connectivity index (χ2n) is 5.54. The molecule has 1 aliphatic rings. The normalized spacial score (nSPS) is 17.9. The van der Waals surface area contributed by atoms with E-state index in [0.717, 1.165) is 24.1 Å². The van der Waals surface area contributed by atoms with E-state index in [4.69, 9.17) is 0 Å². The molecule has 0 saturated carbocycles. The fraction of sp³-hybridized carbons (Fsp3) is 0.294. The van der Waals surface area contributed by atoms with Crippen molar-refractivity contribution in [1.29, 1.82) is 0 Å². The minimum atomic E-state index is -3.33. The summed E-state index contributed by atoms with van der Waals surface area (Å²) in [6.07, 6.45) is 0.949. The van der Waals surface area contributed by atoms with Gasteiger partial charge in [-0.2, -0.15) is 0 Å². The molecule has 3 rings (SSSR count). The lowest BCUT2D eigenvalue weighted by atomic mass is 9.95. The van der Waals surface area contributed by atoms with Crippen LogP contribution in [0.1, 0.15) is 22.7 Å². The Balaban J connectivity index is 1.67. The molecule has 0 radical (unpaired) electrons. The zero-order valence-corrected chi connectivity index (χ0v) is 13.1. The number of hydrogen-bond donors (Lipinski definition) is 2. The minimum Gasteiger partial charge on any atom is -0.309 e. The van der Waals surface area contributed by atoms with Crippen molar-refractivity contribution in [3.05, 3.63) is 71.3 Å². The molecule has 0 spiro atoms. The standard InChI is InChI=1S/C17H20N2O2S/c20-22(21,19-12-14-6-2-1-3-7-14)13-17-16-9-5-4-8-15(16)10-11-18-17/h1-9,17-19H,10-13H2. The molecule has 1 atom stereocenters. The lowest BCUT2D eigenvalue weighted by Crippen LogP contribution is -2.38. The van der Waals surface area contributed by atoms with Crippen LogP contribution in [0.2, 0.25) is 0 Å². The van der Waals surface area contributed by atoms with Gasteiger partial charge in [-0.3, -0.25) is 0 Å². The molecule has 1 aliphatic heterocycles. The molecule has 1 heterocycles. The zero-order chi connectivity index (χ0) is 15.4. The fourth-order valence-electron chi connectivity index (χ4n) is 2.81. The van der Waals surface area contributed by atoms with Crippen molar-refractivity contribution in [2.24, 2.45) is 0 Å². The molecule has 4 nitrogen and oxygen atoms in total. The maximum Gasteiger partial charge on any atom is 0.213 e. The molecular formula is C17H20N2O2S. The van der Waals surface area contributed by atoms with E-state index in [2.05, 4.69) is 16.1 Å². The van der Waals surface area contributed by atoms with Crippen LogP contribution in [0.4, 0.5) is 0 Å². The second-order valence-corrected chi connectivity index (χ2v) is 7.40. The smallest absolute Gasteiger partial charge is 0.213 e. The van der Waals surface area contributed by atoms with Gasteiger partial charge in [0.1, 0.15) is 0 Å². The van der Waals surface area contributed by atoms with E-state index in [1.54, 1.807) is 0 Å². The Bertz CT molecular complexity index is 729. The Hall–Kier alpha value is -1.69. The Labute approximate surface area is 131 Å². The summed E-state index contributed by atoms with van der Waals surface area (Å²) in [5, 5.41) is 3.31. The second kappa shape index (κ2) is 6.60. The Morgan fingerprint density at radius 2 is 1.77 bits per heavy atom. The van der Waals surface area contributed by atoms with E-state index < -0.39 is 10.0 Å². The Kier molecular flexibility index (Phi) is 4.57. The van der Waals surface area contributed by atoms with E-state index in [1.807, 2.05) is 48.5 Å². The van der Waals surface area contributed by atoms with Gasteiger partial charge in [0.15, 0.2) is 0 Å². The molecule has 0 saturated heterocycles. The van der Waals surface area contributed by atoms with Crippen LogP contribution in [0.15, 0.2) is 54.6 Å². The van der Waals surface area contributed by atoms with Crippen LogP contribution in [0, 0.1) is 0 Å². The van der Waals surface area contributed by atoms with Crippen molar-refractivity contribution < 1.29 is 8.42 Å². The molecule has 116 valence electrons. The summed E-state index contributed by atoms with van der Waals surface area (Å²) >= 11 is 0. The van der Waals surface area contributed by atoms with Crippen LogP contribution < -0.4 is 10.0 Å². The van der Waals surface area contributed by atoms with Crippen molar-refractivity contribution in [2.45, 2.75) is 19.0 Å². The molecule has 2 aromatic rings. The highest BCUT2D eigenvalue weighted by Gasteiger charge is 2.24. The molecule has 1 unspecified atom stereocenters. The molecular weight excluding hydrogens is 296 g/mol. The lowest BCUT2D eigenvalue weighted by molar-refractivity contribution is 0.520. The monoisotopic (exact) mass is 316 g/mol. The molecule has 0 aromatic heterocycles. The van der Waals surface area contributed by atoms with E-state index in [-0.39, 0.29) is 11.8 Å². The van der Waals surface area contributed by atoms with Gasteiger partial charge in [-0.05, 0) is 29.7 Å². The van der Waals surface area contributed by atoms with Crippen molar-refractivity contribution >= 4 is 10.0 Å². The first-order chi connectivity index (χ1) is 10.6. The first kappa shape index (κ1) is 15.2. The van der Waals surface area contributed by atoms with E-state index in [0.29, 0.717) is 6.54 Å². The summed E-state index contributed by atoms with van der Waals surface area (Å²) in [7, 11) is -3.33. The van der Waals surface area contributed by atoms with Gasteiger partial charge in [-0.1, -0.05) is 54.6 Å². The molecule has 0 fully saturated rings. The summed E-state index contributed by atoms with van der Waals surface area (Å²) < 4.78 is 27.3. The van der Waals surface area contributed by atoms with Crippen molar-refractivity contribution in [1.82, 2.24) is 10.0 Å². The summed E-state index contributed by atoms with van der Waals surface area (Å²) in [4.78, 5) is 0. The number of hydrogen-bond acceptors (Lipinski definition) is 3. The highest BCUT2D eigenvalue weighted by molar-refractivity contribution is 7.89. The zero-order valence-electron chi connectivity index (χ0n) is 12.3. The van der Waals surface area contributed by atoms with Crippen molar-refractivity contribution in [2.75, 3.05) is 12.3 Å². The van der Waals surface area contributed by atoms with Gasteiger partial charge < -0.3 is 5.32 Å². The quantitative estimate of drug-likeness (QED) is 0.887. The Morgan fingerprint density at radius 1 is 1.05 bits per heavy atom. The first-order valence-electron chi connectivity index (χ1n) is 7.46. The highest BCUT2D eigenvalue weighted by Crippen LogP contribution is 2.23. The van der Waals surface area contributed by atoms with Gasteiger partial charge in [0.05, 0.1) is 5.75 Å². The van der Waals surface area contributed by atoms with Crippen molar-refractivity contribution in [3.63, 3.8) is 0 Å². The van der Waals surface area contributed by atoms with Gasteiger partial charge in [-0.25, -0.2) is 13.1 Å². The molecule has 2 N–H and O–H groups in total. The van der Waals surface area contributed by atoms with Gasteiger partial charge in [0.2, 0.25) is 10.0 Å². The summed E-state index contributed by atoms with van der Waals surface area (Å²) in [6.45, 7) is 1.15. The SMILES string of the molecule is O=S(=O)(CC1NCCc2ccccc21)NCc1ccccc1. The number of fused-ring (bicyclic) bond motifs is 1. The molecule has 0 aliphatic carbocycles. The maximum atomic E-state index is 12.3. The van der Waals surface area contributed by atoms with E-state index in [1.165, 1.54) is 5.56 Å². The third-order valence-corrected chi connectivity index (χ3v) is 5.30. The van der Waals surface area contributed by atoms with Crippen LogP contribution in [0.3, 0.4) is 0 Å². The van der Waals surface area contributed by atoms with Crippen LogP contribution in [-0.2, 0) is 23.0 Å². The third-order valence-electron chi connectivity index (χ3n) is 3.94. The average Bonchev–Trinajstić information content (AvgIpc) is 2.54. The summed E-state index contributed by atoms with van der Waals surface area (Å²) in [6, 6.07) is 17.5.